The largest absolute Gasteiger partial charge is 0.494 e. The highest BCUT2D eigenvalue weighted by Crippen LogP contribution is 2.24. The average Bonchev–Trinajstić information content (AvgIpc) is 3.03. The van der Waals surface area contributed by atoms with Crippen LogP contribution in [0.4, 0.5) is 0 Å². The van der Waals surface area contributed by atoms with Gasteiger partial charge in [-0.2, -0.15) is 0 Å². The van der Waals surface area contributed by atoms with E-state index in [0.717, 1.165) is 40.8 Å². The van der Waals surface area contributed by atoms with Gasteiger partial charge in [0.05, 0.1) is 6.61 Å². The highest BCUT2D eigenvalue weighted by atomic mass is 16.5. The first kappa shape index (κ1) is 16.8. The summed E-state index contributed by atoms with van der Waals surface area (Å²) in [4.78, 5) is 19.3. The van der Waals surface area contributed by atoms with Crippen LogP contribution in [0.25, 0.3) is 22.7 Å². The van der Waals surface area contributed by atoms with Crippen molar-refractivity contribution in [3.63, 3.8) is 0 Å². The number of carbonyl (C=O) groups is 1. The number of carbonyl (C=O) groups excluding carboxylic acids is 1. The zero-order valence-electron chi connectivity index (χ0n) is 14.2. The Balaban J connectivity index is 1.89. The molecule has 0 spiro atoms. The third-order valence-electron chi connectivity index (χ3n) is 3.98. The molecule has 0 fully saturated rings. The fraction of sp³-hybridized carbons (Fsp3) is 0.200. The number of amides is 1. The van der Waals surface area contributed by atoms with Crippen molar-refractivity contribution in [3.05, 3.63) is 59.9 Å². The average molecular weight is 335 g/mol. The van der Waals surface area contributed by atoms with E-state index < -0.39 is 5.91 Å². The standard InChI is InChI=1S/C20H21N3O2/c1-2-3-11-25-16-8-6-14(7-9-16)18(19(21)24)12-15-13-23-20-17(15)5-4-10-22-20/h4-10,12-13H,2-3,11H2,1H3,(H2,21,24)(H,22,23). The van der Waals surface area contributed by atoms with E-state index in [9.17, 15) is 4.79 Å². The Morgan fingerprint density at radius 2 is 2.08 bits per heavy atom. The van der Waals surface area contributed by atoms with Gasteiger partial charge in [-0.05, 0) is 42.3 Å². The number of aromatic nitrogens is 2. The van der Waals surface area contributed by atoms with Crippen molar-refractivity contribution in [2.24, 2.45) is 5.73 Å². The van der Waals surface area contributed by atoms with Crippen molar-refractivity contribution in [2.75, 3.05) is 6.61 Å². The summed E-state index contributed by atoms with van der Waals surface area (Å²) in [5.41, 5.74) is 8.46. The van der Waals surface area contributed by atoms with Gasteiger partial charge in [0, 0.05) is 28.9 Å². The molecule has 3 aromatic rings. The summed E-state index contributed by atoms with van der Waals surface area (Å²) in [6.07, 6.45) is 7.44. The van der Waals surface area contributed by atoms with Crippen LogP contribution in [-0.2, 0) is 4.79 Å². The molecule has 0 aliphatic heterocycles. The van der Waals surface area contributed by atoms with E-state index in [1.807, 2.05) is 42.6 Å². The zero-order valence-corrected chi connectivity index (χ0v) is 14.2. The zero-order chi connectivity index (χ0) is 17.6. The number of unbranched alkanes of at least 4 members (excludes halogenated alkanes) is 1. The van der Waals surface area contributed by atoms with Crippen LogP contribution < -0.4 is 10.5 Å². The summed E-state index contributed by atoms with van der Waals surface area (Å²) >= 11 is 0. The third-order valence-corrected chi connectivity index (χ3v) is 3.98. The lowest BCUT2D eigenvalue weighted by Crippen LogP contribution is -2.12. The number of aromatic amines is 1. The molecule has 3 N–H and O–H groups in total. The summed E-state index contributed by atoms with van der Waals surface area (Å²) in [5, 5.41) is 0.945. The first-order valence-electron chi connectivity index (χ1n) is 8.36. The van der Waals surface area contributed by atoms with E-state index in [1.165, 1.54) is 0 Å². The molecule has 0 atom stereocenters. The first-order chi connectivity index (χ1) is 12.2. The lowest BCUT2D eigenvalue weighted by atomic mass is 10.0. The van der Waals surface area contributed by atoms with Gasteiger partial charge in [-0.1, -0.05) is 25.5 Å². The van der Waals surface area contributed by atoms with E-state index in [1.54, 1.807) is 12.3 Å². The Morgan fingerprint density at radius 1 is 1.28 bits per heavy atom. The predicted molar refractivity (Wildman–Crippen MR) is 100 cm³/mol. The van der Waals surface area contributed by atoms with Gasteiger partial charge < -0.3 is 15.5 Å². The molecule has 2 aromatic heterocycles. The van der Waals surface area contributed by atoms with E-state index in [2.05, 4.69) is 16.9 Å². The van der Waals surface area contributed by atoms with Gasteiger partial charge in [0.25, 0.3) is 0 Å². The number of H-pyrrole nitrogens is 1. The number of benzene rings is 1. The SMILES string of the molecule is CCCCOc1ccc(C(=Cc2c[nH]c3ncccc23)C(N)=O)cc1. The van der Waals surface area contributed by atoms with Crippen LogP contribution in [-0.4, -0.2) is 22.5 Å². The maximum Gasteiger partial charge on any atom is 0.249 e. The summed E-state index contributed by atoms with van der Waals surface area (Å²) in [6, 6.07) is 11.2. The molecule has 5 nitrogen and oxygen atoms in total. The number of nitrogens with two attached hydrogens (primary N) is 1. The topological polar surface area (TPSA) is 81.0 Å². The summed E-state index contributed by atoms with van der Waals surface area (Å²) < 4.78 is 5.66. The van der Waals surface area contributed by atoms with Gasteiger partial charge in [-0.3, -0.25) is 4.79 Å². The summed E-state index contributed by atoms with van der Waals surface area (Å²) in [6.45, 7) is 2.81. The molecule has 0 aliphatic carbocycles. The van der Waals surface area contributed by atoms with Crippen LogP contribution in [0, 0.1) is 0 Å². The lowest BCUT2D eigenvalue weighted by Gasteiger charge is -2.08. The molecule has 0 radical (unpaired) electrons. The number of hydrogen-bond acceptors (Lipinski definition) is 3. The van der Waals surface area contributed by atoms with Crippen LogP contribution in [0.1, 0.15) is 30.9 Å². The molecule has 0 unspecified atom stereocenters. The van der Waals surface area contributed by atoms with Crippen molar-refractivity contribution < 1.29 is 9.53 Å². The maximum absolute atomic E-state index is 12.0. The second kappa shape index (κ2) is 7.66. The highest BCUT2D eigenvalue weighted by Gasteiger charge is 2.11. The summed E-state index contributed by atoms with van der Waals surface area (Å²) in [7, 11) is 0. The molecule has 1 amide bonds. The molecule has 0 aliphatic rings. The number of hydrogen-bond donors (Lipinski definition) is 2. The third kappa shape index (κ3) is 3.88. The van der Waals surface area contributed by atoms with Gasteiger partial charge in [0.15, 0.2) is 0 Å². The quantitative estimate of drug-likeness (QED) is 0.509. The fourth-order valence-corrected chi connectivity index (χ4v) is 2.61. The number of nitrogens with zero attached hydrogens (tertiary/aromatic N) is 1. The minimum absolute atomic E-state index is 0.449. The number of rotatable bonds is 7. The second-order valence-corrected chi connectivity index (χ2v) is 5.79. The molecule has 0 saturated heterocycles. The highest BCUT2D eigenvalue weighted by molar-refractivity contribution is 6.24. The molecule has 2 heterocycles. The van der Waals surface area contributed by atoms with Gasteiger partial charge in [-0.25, -0.2) is 4.98 Å². The lowest BCUT2D eigenvalue weighted by molar-refractivity contribution is -0.112. The maximum atomic E-state index is 12.0. The Bertz CT molecular complexity index is 895. The number of ether oxygens (including phenoxy) is 1. The number of nitrogens with one attached hydrogen (secondary N) is 1. The molecule has 25 heavy (non-hydrogen) atoms. The van der Waals surface area contributed by atoms with Gasteiger partial charge in [0.1, 0.15) is 11.4 Å². The van der Waals surface area contributed by atoms with Crippen LogP contribution in [0.15, 0.2) is 48.8 Å². The van der Waals surface area contributed by atoms with Crippen LogP contribution in [0.3, 0.4) is 0 Å². The molecule has 0 saturated carbocycles. The number of pyridine rings is 1. The predicted octanol–water partition coefficient (Wildman–Crippen LogP) is 3.77. The Hall–Kier alpha value is -3.08. The van der Waals surface area contributed by atoms with E-state index in [4.69, 9.17) is 10.5 Å². The monoisotopic (exact) mass is 335 g/mol. The molecule has 128 valence electrons. The van der Waals surface area contributed by atoms with Crippen molar-refractivity contribution in [1.82, 2.24) is 9.97 Å². The number of primary amides is 1. The Labute approximate surface area is 146 Å². The Kier molecular flexibility index (Phi) is 5.14. The second-order valence-electron chi connectivity index (χ2n) is 5.79. The molecule has 3 rings (SSSR count). The molecule has 0 bridgehead atoms. The van der Waals surface area contributed by atoms with Gasteiger partial charge >= 0.3 is 0 Å². The van der Waals surface area contributed by atoms with Crippen molar-refractivity contribution in [1.29, 1.82) is 0 Å². The summed E-state index contributed by atoms with van der Waals surface area (Å²) in [5.74, 6) is 0.315. The molecule has 1 aromatic carbocycles. The van der Waals surface area contributed by atoms with Crippen molar-refractivity contribution in [3.8, 4) is 5.75 Å². The fourth-order valence-electron chi connectivity index (χ4n) is 2.61. The van der Waals surface area contributed by atoms with Gasteiger partial charge in [-0.15, -0.1) is 0 Å². The van der Waals surface area contributed by atoms with E-state index in [-0.39, 0.29) is 0 Å². The van der Waals surface area contributed by atoms with Gasteiger partial charge in [0.2, 0.25) is 5.91 Å². The molecular formula is C20H21N3O2. The number of fused-ring (bicyclic) bond motifs is 1. The van der Waals surface area contributed by atoms with Crippen molar-refractivity contribution >= 4 is 28.6 Å². The minimum atomic E-state index is -0.474. The van der Waals surface area contributed by atoms with E-state index in [0.29, 0.717) is 12.2 Å². The van der Waals surface area contributed by atoms with Crippen LogP contribution >= 0.6 is 0 Å². The van der Waals surface area contributed by atoms with E-state index >= 15 is 0 Å². The minimum Gasteiger partial charge on any atom is -0.494 e. The molecular weight excluding hydrogens is 314 g/mol. The van der Waals surface area contributed by atoms with Crippen LogP contribution in [0.2, 0.25) is 0 Å². The van der Waals surface area contributed by atoms with Crippen molar-refractivity contribution in [2.45, 2.75) is 19.8 Å². The Morgan fingerprint density at radius 3 is 2.80 bits per heavy atom. The normalized spacial score (nSPS) is 11.6. The first-order valence-corrected chi connectivity index (χ1v) is 8.36. The van der Waals surface area contributed by atoms with Crippen LogP contribution in [0.5, 0.6) is 5.75 Å². The smallest absolute Gasteiger partial charge is 0.249 e. The molecule has 5 heteroatoms.